The first-order chi connectivity index (χ1) is 14.8. The Morgan fingerprint density at radius 2 is 1.71 bits per heavy atom. The number of nitrogens with one attached hydrogen (secondary N) is 1. The van der Waals surface area contributed by atoms with E-state index in [1.807, 2.05) is 0 Å². The number of carbonyl (C=O) groups excluding carboxylic acids is 2. The number of ether oxygens (including phenoxy) is 2. The standard InChI is InChI=1S/C24H25N3O4/c1-24(2,3)31-23(29)27(19-10-12-21(30-4)13-11-19)20-9-5-7-17(15-20)22(28)26-18-8-6-14-25-16-18/h5-16H,1-4H3,(H,26,28). The average Bonchev–Trinajstić information content (AvgIpc) is 2.74. The summed E-state index contributed by atoms with van der Waals surface area (Å²) in [5.74, 6) is 0.353. The van der Waals surface area contributed by atoms with Crippen LogP contribution >= 0.6 is 0 Å². The van der Waals surface area contributed by atoms with Crippen LogP contribution in [0.2, 0.25) is 0 Å². The number of rotatable bonds is 5. The number of pyridine rings is 1. The van der Waals surface area contributed by atoms with Crippen LogP contribution in [0.1, 0.15) is 31.1 Å². The maximum atomic E-state index is 13.1. The van der Waals surface area contributed by atoms with Gasteiger partial charge in [0, 0.05) is 11.8 Å². The van der Waals surface area contributed by atoms with Gasteiger partial charge >= 0.3 is 6.09 Å². The lowest BCUT2D eigenvalue weighted by molar-refractivity contribution is 0.0598. The highest BCUT2D eigenvalue weighted by Crippen LogP contribution is 2.30. The van der Waals surface area contributed by atoms with Crippen LogP contribution in [0.15, 0.2) is 73.1 Å². The minimum atomic E-state index is -0.683. The van der Waals surface area contributed by atoms with E-state index >= 15 is 0 Å². The molecule has 0 fully saturated rings. The van der Waals surface area contributed by atoms with Crippen molar-refractivity contribution in [2.45, 2.75) is 26.4 Å². The SMILES string of the molecule is COc1ccc(N(C(=O)OC(C)(C)C)c2cccc(C(=O)Nc3cccnc3)c2)cc1. The van der Waals surface area contributed by atoms with Gasteiger partial charge in [-0.25, -0.2) is 9.69 Å². The number of methoxy groups -OCH3 is 1. The van der Waals surface area contributed by atoms with Gasteiger partial charge in [0.15, 0.2) is 0 Å². The Labute approximate surface area is 181 Å². The molecule has 160 valence electrons. The second kappa shape index (κ2) is 9.30. The third kappa shape index (κ3) is 5.82. The van der Waals surface area contributed by atoms with E-state index in [4.69, 9.17) is 9.47 Å². The van der Waals surface area contributed by atoms with E-state index in [0.29, 0.717) is 28.4 Å². The molecule has 2 amide bonds. The van der Waals surface area contributed by atoms with Crippen LogP contribution < -0.4 is 15.0 Å². The molecule has 0 spiro atoms. The van der Waals surface area contributed by atoms with Gasteiger partial charge in [0.1, 0.15) is 11.4 Å². The molecule has 0 unspecified atom stereocenters. The summed E-state index contributed by atoms with van der Waals surface area (Å²) >= 11 is 0. The molecule has 31 heavy (non-hydrogen) atoms. The number of aromatic nitrogens is 1. The van der Waals surface area contributed by atoms with Gasteiger partial charge in [0.05, 0.1) is 30.4 Å². The first-order valence-electron chi connectivity index (χ1n) is 9.75. The van der Waals surface area contributed by atoms with E-state index in [1.165, 1.54) is 4.90 Å². The Morgan fingerprint density at radius 1 is 0.968 bits per heavy atom. The fraction of sp³-hybridized carbons (Fsp3) is 0.208. The van der Waals surface area contributed by atoms with E-state index in [1.54, 1.807) is 101 Å². The Bertz CT molecular complexity index is 1040. The van der Waals surface area contributed by atoms with Crippen molar-refractivity contribution in [3.8, 4) is 5.75 Å². The summed E-state index contributed by atoms with van der Waals surface area (Å²) in [4.78, 5) is 31.2. The molecule has 2 aromatic carbocycles. The second-order valence-corrected chi connectivity index (χ2v) is 7.76. The number of carbonyl (C=O) groups is 2. The molecule has 0 saturated carbocycles. The van der Waals surface area contributed by atoms with Crippen LogP contribution in [0.4, 0.5) is 21.9 Å². The van der Waals surface area contributed by atoms with E-state index < -0.39 is 11.7 Å². The Balaban J connectivity index is 1.95. The zero-order valence-electron chi connectivity index (χ0n) is 18.0. The summed E-state index contributed by atoms with van der Waals surface area (Å²) in [7, 11) is 1.57. The number of hydrogen-bond acceptors (Lipinski definition) is 5. The van der Waals surface area contributed by atoms with Crippen molar-refractivity contribution >= 4 is 29.1 Å². The summed E-state index contributed by atoms with van der Waals surface area (Å²) in [6.07, 6.45) is 2.64. The first-order valence-corrected chi connectivity index (χ1v) is 9.75. The second-order valence-electron chi connectivity index (χ2n) is 7.76. The third-order valence-corrected chi connectivity index (χ3v) is 4.19. The van der Waals surface area contributed by atoms with Crippen LogP contribution in [0.25, 0.3) is 0 Å². The molecule has 1 aromatic heterocycles. The molecule has 3 rings (SSSR count). The third-order valence-electron chi connectivity index (χ3n) is 4.19. The van der Waals surface area contributed by atoms with Crippen LogP contribution in [0.3, 0.4) is 0 Å². The van der Waals surface area contributed by atoms with Crippen LogP contribution in [-0.4, -0.2) is 29.7 Å². The van der Waals surface area contributed by atoms with Gasteiger partial charge in [-0.15, -0.1) is 0 Å². The molecular weight excluding hydrogens is 394 g/mol. The predicted octanol–water partition coefficient (Wildman–Crippen LogP) is 5.42. The van der Waals surface area contributed by atoms with E-state index in [9.17, 15) is 9.59 Å². The first kappa shape index (κ1) is 21.8. The van der Waals surface area contributed by atoms with E-state index in [0.717, 1.165) is 0 Å². The van der Waals surface area contributed by atoms with Crippen molar-refractivity contribution in [3.05, 3.63) is 78.6 Å². The molecule has 1 heterocycles. The zero-order chi connectivity index (χ0) is 22.4. The van der Waals surface area contributed by atoms with E-state index in [2.05, 4.69) is 10.3 Å². The van der Waals surface area contributed by atoms with Gasteiger partial charge in [-0.3, -0.25) is 9.78 Å². The summed E-state index contributed by atoms with van der Waals surface area (Å²) in [6, 6.07) is 17.3. The van der Waals surface area contributed by atoms with Crippen molar-refractivity contribution in [3.63, 3.8) is 0 Å². The Hall–Kier alpha value is -3.87. The molecule has 0 bridgehead atoms. The summed E-state index contributed by atoms with van der Waals surface area (Å²) in [5, 5.41) is 2.79. The van der Waals surface area contributed by atoms with Crippen molar-refractivity contribution < 1.29 is 19.1 Å². The maximum absolute atomic E-state index is 13.1. The average molecular weight is 419 g/mol. The molecule has 0 aliphatic rings. The van der Waals surface area contributed by atoms with Crippen molar-refractivity contribution in [2.24, 2.45) is 0 Å². The summed E-state index contributed by atoms with van der Waals surface area (Å²) in [5.41, 5.74) is 1.37. The maximum Gasteiger partial charge on any atom is 0.419 e. The number of benzene rings is 2. The van der Waals surface area contributed by atoms with Crippen LogP contribution in [-0.2, 0) is 4.74 Å². The van der Waals surface area contributed by atoms with Gasteiger partial charge in [-0.05, 0) is 75.4 Å². The number of amides is 2. The molecule has 1 N–H and O–H groups in total. The van der Waals surface area contributed by atoms with Gasteiger partial charge < -0.3 is 14.8 Å². The quantitative estimate of drug-likeness (QED) is 0.598. The highest BCUT2D eigenvalue weighted by Gasteiger charge is 2.25. The topological polar surface area (TPSA) is 80.8 Å². The molecule has 0 atom stereocenters. The molecule has 7 nitrogen and oxygen atoms in total. The van der Waals surface area contributed by atoms with Crippen molar-refractivity contribution in [1.82, 2.24) is 4.98 Å². The fourth-order valence-electron chi connectivity index (χ4n) is 2.82. The minimum Gasteiger partial charge on any atom is -0.497 e. The number of anilines is 3. The minimum absolute atomic E-state index is 0.311. The fourth-order valence-corrected chi connectivity index (χ4v) is 2.82. The van der Waals surface area contributed by atoms with Gasteiger partial charge in [-0.2, -0.15) is 0 Å². The van der Waals surface area contributed by atoms with E-state index in [-0.39, 0.29) is 5.91 Å². The van der Waals surface area contributed by atoms with Crippen LogP contribution in [0, 0.1) is 0 Å². The molecule has 3 aromatic rings. The van der Waals surface area contributed by atoms with Crippen LogP contribution in [0.5, 0.6) is 5.75 Å². The Kier molecular flexibility index (Phi) is 6.55. The van der Waals surface area contributed by atoms with Gasteiger partial charge in [0.25, 0.3) is 5.91 Å². The molecule has 7 heteroatoms. The highest BCUT2D eigenvalue weighted by molar-refractivity contribution is 6.06. The largest absolute Gasteiger partial charge is 0.497 e. The normalized spacial score (nSPS) is 10.8. The van der Waals surface area contributed by atoms with Crippen molar-refractivity contribution in [1.29, 1.82) is 0 Å². The number of nitrogens with zero attached hydrogens (tertiary/aromatic N) is 2. The molecule has 0 aliphatic carbocycles. The lowest BCUT2D eigenvalue weighted by atomic mass is 10.1. The predicted molar refractivity (Wildman–Crippen MR) is 120 cm³/mol. The highest BCUT2D eigenvalue weighted by atomic mass is 16.6. The molecular formula is C24H25N3O4. The molecule has 0 saturated heterocycles. The monoisotopic (exact) mass is 419 g/mol. The Morgan fingerprint density at radius 3 is 2.32 bits per heavy atom. The summed E-state index contributed by atoms with van der Waals surface area (Å²) in [6.45, 7) is 5.40. The van der Waals surface area contributed by atoms with Crippen molar-refractivity contribution in [2.75, 3.05) is 17.3 Å². The smallest absolute Gasteiger partial charge is 0.419 e. The lowest BCUT2D eigenvalue weighted by Gasteiger charge is -2.28. The summed E-state index contributed by atoms with van der Waals surface area (Å²) < 4.78 is 10.8. The molecule has 0 aliphatic heterocycles. The lowest BCUT2D eigenvalue weighted by Crippen LogP contribution is -2.34. The zero-order valence-corrected chi connectivity index (χ0v) is 18.0. The number of hydrogen-bond donors (Lipinski definition) is 1. The molecule has 0 radical (unpaired) electrons. The van der Waals surface area contributed by atoms with Gasteiger partial charge in [-0.1, -0.05) is 6.07 Å². The van der Waals surface area contributed by atoms with Gasteiger partial charge in [0.2, 0.25) is 0 Å².